The molecule has 2 aromatic rings. The van der Waals surface area contributed by atoms with Crippen molar-refractivity contribution in [3.05, 3.63) is 48.3 Å². The summed E-state index contributed by atoms with van der Waals surface area (Å²) in [6.45, 7) is 1.56. The quantitative estimate of drug-likeness (QED) is 0.846. The van der Waals surface area contributed by atoms with Crippen molar-refractivity contribution in [2.24, 2.45) is 0 Å². The highest BCUT2D eigenvalue weighted by molar-refractivity contribution is 7.90. The Bertz CT molecular complexity index is 854. The lowest BCUT2D eigenvalue weighted by atomic mass is 10.1. The van der Waals surface area contributed by atoms with Gasteiger partial charge < -0.3 is 10.2 Å². The van der Waals surface area contributed by atoms with Gasteiger partial charge in [0.2, 0.25) is 11.9 Å². The average Bonchev–Trinajstić information content (AvgIpc) is 2.62. The van der Waals surface area contributed by atoms with Crippen LogP contribution in [-0.2, 0) is 21.1 Å². The lowest BCUT2D eigenvalue weighted by Gasteiger charge is -2.33. The molecule has 0 unspecified atom stereocenters. The number of piperidine rings is 1. The number of anilines is 1. The molecule has 0 saturated carbocycles. The van der Waals surface area contributed by atoms with Crippen LogP contribution in [0.5, 0.6) is 0 Å². The Morgan fingerprint density at radius 2 is 1.92 bits per heavy atom. The summed E-state index contributed by atoms with van der Waals surface area (Å²) in [5.41, 5.74) is 0.786. The molecule has 3 rings (SSSR count). The van der Waals surface area contributed by atoms with Gasteiger partial charge in [-0.2, -0.15) is 0 Å². The largest absolute Gasteiger partial charge is 0.351 e. The Kier molecular flexibility index (Phi) is 5.51. The van der Waals surface area contributed by atoms with Crippen LogP contribution >= 0.6 is 0 Å². The first-order valence-corrected chi connectivity index (χ1v) is 10.4. The number of amides is 1. The van der Waals surface area contributed by atoms with Crippen molar-refractivity contribution in [1.29, 1.82) is 0 Å². The molecule has 2 heterocycles. The summed E-state index contributed by atoms with van der Waals surface area (Å²) in [4.78, 5) is 23.2. The fourth-order valence-electron chi connectivity index (χ4n) is 3.05. The molecule has 0 spiro atoms. The van der Waals surface area contributed by atoms with E-state index in [4.69, 9.17) is 0 Å². The maximum absolute atomic E-state index is 12.3. The van der Waals surface area contributed by atoms with Crippen LogP contribution in [0.1, 0.15) is 18.4 Å². The van der Waals surface area contributed by atoms with Gasteiger partial charge in [0.25, 0.3) is 0 Å². The number of hydrogen-bond acceptors (Lipinski definition) is 6. The van der Waals surface area contributed by atoms with Gasteiger partial charge in [0.05, 0.1) is 11.3 Å². The van der Waals surface area contributed by atoms with Crippen molar-refractivity contribution in [2.45, 2.75) is 30.2 Å². The van der Waals surface area contributed by atoms with Gasteiger partial charge in [-0.1, -0.05) is 12.1 Å². The second-order valence-electron chi connectivity index (χ2n) is 6.49. The van der Waals surface area contributed by atoms with Crippen molar-refractivity contribution in [2.75, 3.05) is 24.2 Å². The third-order valence-corrected chi connectivity index (χ3v) is 5.47. The van der Waals surface area contributed by atoms with E-state index >= 15 is 0 Å². The van der Waals surface area contributed by atoms with Crippen LogP contribution in [0.3, 0.4) is 0 Å². The van der Waals surface area contributed by atoms with Gasteiger partial charge in [-0.25, -0.2) is 18.4 Å². The molecule has 26 heavy (non-hydrogen) atoms. The number of rotatable bonds is 5. The Balaban J connectivity index is 1.56. The van der Waals surface area contributed by atoms with Gasteiger partial charge in [0, 0.05) is 37.8 Å². The molecule has 7 nitrogen and oxygen atoms in total. The van der Waals surface area contributed by atoms with Crippen molar-refractivity contribution in [3.63, 3.8) is 0 Å². The minimum atomic E-state index is -3.22. The second kappa shape index (κ2) is 7.82. The third kappa shape index (κ3) is 4.78. The summed E-state index contributed by atoms with van der Waals surface area (Å²) in [5, 5.41) is 3.06. The molecule has 1 saturated heterocycles. The van der Waals surface area contributed by atoms with E-state index in [1.807, 2.05) is 0 Å². The minimum absolute atomic E-state index is 0.0512. The molecular formula is C18H22N4O3S. The zero-order chi connectivity index (χ0) is 18.6. The number of hydrogen-bond donors (Lipinski definition) is 1. The topological polar surface area (TPSA) is 92.3 Å². The molecular weight excluding hydrogens is 352 g/mol. The maximum Gasteiger partial charge on any atom is 0.225 e. The first-order valence-electron chi connectivity index (χ1n) is 8.52. The van der Waals surface area contributed by atoms with Crippen LogP contribution in [0, 0.1) is 0 Å². The molecule has 0 bridgehead atoms. The third-order valence-electron chi connectivity index (χ3n) is 4.34. The maximum atomic E-state index is 12.3. The van der Waals surface area contributed by atoms with E-state index in [2.05, 4.69) is 20.2 Å². The smallest absolute Gasteiger partial charge is 0.225 e. The number of nitrogens with one attached hydrogen (secondary N) is 1. The summed E-state index contributed by atoms with van der Waals surface area (Å²) >= 11 is 0. The highest BCUT2D eigenvalue weighted by atomic mass is 32.2. The minimum Gasteiger partial charge on any atom is -0.351 e. The first-order chi connectivity index (χ1) is 12.4. The predicted octanol–water partition coefficient (Wildman–Crippen LogP) is 1.21. The number of carbonyl (C=O) groups excluding carboxylic acids is 1. The molecule has 1 aromatic heterocycles. The molecule has 1 fully saturated rings. The van der Waals surface area contributed by atoms with Gasteiger partial charge in [0.15, 0.2) is 9.84 Å². The van der Waals surface area contributed by atoms with Crippen LogP contribution in [0.15, 0.2) is 47.6 Å². The Morgan fingerprint density at radius 1 is 1.23 bits per heavy atom. The van der Waals surface area contributed by atoms with Crippen LogP contribution < -0.4 is 10.2 Å². The zero-order valence-corrected chi connectivity index (χ0v) is 15.4. The standard InChI is InChI=1S/C18H22N4O3S/c1-26(24,25)16-7-5-14(6-8-16)12-17(23)21-15-4-2-11-22(13-15)18-19-9-3-10-20-18/h3,5-10,15H,2,4,11-13H2,1H3,(H,21,23)/t15-/m1/s1. The fourth-order valence-corrected chi connectivity index (χ4v) is 3.68. The summed E-state index contributed by atoms with van der Waals surface area (Å²) in [5.74, 6) is 0.612. The van der Waals surface area contributed by atoms with E-state index in [0.29, 0.717) is 12.5 Å². The van der Waals surface area contributed by atoms with E-state index in [0.717, 1.165) is 24.9 Å². The van der Waals surface area contributed by atoms with E-state index < -0.39 is 9.84 Å². The molecule has 0 radical (unpaired) electrons. The highest BCUT2D eigenvalue weighted by Crippen LogP contribution is 2.16. The number of aromatic nitrogens is 2. The summed E-state index contributed by atoms with van der Waals surface area (Å²) in [6, 6.07) is 8.26. The van der Waals surface area contributed by atoms with Gasteiger partial charge in [-0.15, -0.1) is 0 Å². The summed E-state index contributed by atoms with van der Waals surface area (Å²) < 4.78 is 23.0. The lowest BCUT2D eigenvalue weighted by molar-refractivity contribution is -0.121. The van der Waals surface area contributed by atoms with Gasteiger partial charge >= 0.3 is 0 Å². The second-order valence-corrected chi connectivity index (χ2v) is 8.51. The van der Waals surface area contributed by atoms with E-state index in [9.17, 15) is 13.2 Å². The fraction of sp³-hybridized carbons (Fsp3) is 0.389. The summed E-state index contributed by atoms with van der Waals surface area (Å²) in [7, 11) is -3.22. The molecule has 1 N–H and O–H groups in total. The van der Waals surface area contributed by atoms with Crippen molar-refractivity contribution < 1.29 is 13.2 Å². The zero-order valence-electron chi connectivity index (χ0n) is 14.6. The Hall–Kier alpha value is -2.48. The highest BCUT2D eigenvalue weighted by Gasteiger charge is 2.23. The number of sulfone groups is 1. The Labute approximate surface area is 153 Å². The lowest BCUT2D eigenvalue weighted by Crippen LogP contribution is -2.48. The Morgan fingerprint density at radius 3 is 2.58 bits per heavy atom. The molecule has 138 valence electrons. The molecule has 1 aromatic carbocycles. The van der Waals surface area contributed by atoms with Gasteiger partial charge in [-0.3, -0.25) is 4.79 Å². The van der Waals surface area contributed by atoms with Crippen LogP contribution in [0.25, 0.3) is 0 Å². The average molecular weight is 374 g/mol. The van der Waals surface area contributed by atoms with Crippen molar-refractivity contribution in [1.82, 2.24) is 15.3 Å². The van der Waals surface area contributed by atoms with Gasteiger partial charge in [0.1, 0.15) is 0 Å². The van der Waals surface area contributed by atoms with Crippen LogP contribution in [0.2, 0.25) is 0 Å². The molecule has 8 heteroatoms. The van der Waals surface area contributed by atoms with Crippen molar-refractivity contribution >= 4 is 21.7 Å². The number of carbonyl (C=O) groups is 1. The van der Waals surface area contributed by atoms with E-state index in [1.165, 1.54) is 18.4 Å². The first kappa shape index (κ1) is 18.3. The van der Waals surface area contributed by atoms with Crippen LogP contribution in [-0.4, -0.2) is 49.7 Å². The number of nitrogens with zero attached hydrogens (tertiary/aromatic N) is 3. The normalized spacial score (nSPS) is 17.7. The molecule has 0 aliphatic carbocycles. The van der Waals surface area contributed by atoms with Crippen LogP contribution in [0.4, 0.5) is 5.95 Å². The molecule has 1 aliphatic heterocycles. The SMILES string of the molecule is CS(=O)(=O)c1ccc(CC(=O)N[C@@H]2CCCN(c3ncccn3)C2)cc1. The molecule has 1 amide bonds. The predicted molar refractivity (Wildman–Crippen MR) is 98.7 cm³/mol. The summed E-state index contributed by atoms with van der Waals surface area (Å²) in [6.07, 6.45) is 6.70. The van der Waals surface area contributed by atoms with Gasteiger partial charge in [-0.05, 0) is 36.6 Å². The molecule has 1 aliphatic rings. The number of benzene rings is 1. The molecule has 1 atom stereocenters. The van der Waals surface area contributed by atoms with Crippen molar-refractivity contribution in [3.8, 4) is 0 Å². The van der Waals surface area contributed by atoms with E-state index in [1.54, 1.807) is 30.6 Å². The van der Waals surface area contributed by atoms with E-state index in [-0.39, 0.29) is 23.3 Å². The monoisotopic (exact) mass is 374 g/mol.